The second-order valence-electron chi connectivity index (χ2n) is 6.04. The van der Waals surface area contributed by atoms with Gasteiger partial charge in [0.1, 0.15) is 6.54 Å². The standard InChI is InChI=1S/C15H18N8O2/c24-12(9-21-7-3-16-10-21)18-11-1-5-22(6-2-11)13-14-19-20-15(25)23(14)8-4-17-13/h3-4,7-8,10-11H,1-2,5-6,9H2,(H,18,24)(H,20,25). The first-order valence-electron chi connectivity index (χ1n) is 8.12. The Hall–Kier alpha value is -3.17. The zero-order chi connectivity index (χ0) is 17.2. The van der Waals surface area contributed by atoms with E-state index in [2.05, 4.69) is 30.4 Å². The quantitative estimate of drug-likeness (QED) is 0.654. The van der Waals surface area contributed by atoms with Crippen LogP contribution in [0, 0.1) is 0 Å². The molecule has 1 aliphatic rings. The van der Waals surface area contributed by atoms with Gasteiger partial charge < -0.3 is 14.8 Å². The highest BCUT2D eigenvalue weighted by Gasteiger charge is 2.23. The third-order valence-corrected chi connectivity index (χ3v) is 4.36. The maximum atomic E-state index is 12.1. The number of rotatable bonds is 4. The molecule has 1 saturated heterocycles. The fourth-order valence-electron chi connectivity index (χ4n) is 3.11. The highest BCUT2D eigenvalue weighted by molar-refractivity contribution is 5.76. The van der Waals surface area contributed by atoms with Crippen molar-refractivity contribution in [1.29, 1.82) is 0 Å². The smallest absolute Gasteiger partial charge is 0.347 e. The number of hydrogen-bond donors (Lipinski definition) is 2. The van der Waals surface area contributed by atoms with Crippen LogP contribution in [0.2, 0.25) is 0 Å². The molecule has 10 nitrogen and oxygen atoms in total. The number of piperidine rings is 1. The SMILES string of the molecule is O=C(Cn1ccnc1)NC1CCN(c2nccn3c(=O)[nH]nc23)CC1. The lowest BCUT2D eigenvalue weighted by Gasteiger charge is -2.33. The van der Waals surface area contributed by atoms with Gasteiger partial charge in [0.15, 0.2) is 5.82 Å². The molecule has 10 heteroatoms. The fraction of sp³-hybridized carbons (Fsp3) is 0.400. The van der Waals surface area contributed by atoms with Crippen LogP contribution in [0.25, 0.3) is 5.65 Å². The van der Waals surface area contributed by atoms with Crippen LogP contribution in [0.3, 0.4) is 0 Å². The summed E-state index contributed by atoms with van der Waals surface area (Å²) in [6.07, 6.45) is 9.85. The number of H-pyrrole nitrogens is 1. The summed E-state index contributed by atoms with van der Waals surface area (Å²) in [5.74, 6) is 0.666. The molecule has 4 heterocycles. The molecule has 1 amide bonds. The predicted octanol–water partition coefficient (Wildman–Crippen LogP) is -0.601. The Kier molecular flexibility index (Phi) is 3.92. The first kappa shape index (κ1) is 15.4. The van der Waals surface area contributed by atoms with E-state index in [1.165, 1.54) is 4.40 Å². The average Bonchev–Trinajstić information content (AvgIpc) is 3.26. The van der Waals surface area contributed by atoms with Gasteiger partial charge in [-0.1, -0.05) is 0 Å². The van der Waals surface area contributed by atoms with Gasteiger partial charge in [0, 0.05) is 43.9 Å². The van der Waals surface area contributed by atoms with Crippen molar-refractivity contribution in [3.63, 3.8) is 0 Å². The molecular formula is C15H18N8O2. The summed E-state index contributed by atoms with van der Waals surface area (Å²) < 4.78 is 3.19. The van der Waals surface area contributed by atoms with Crippen LogP contribution in [0.1, 0.15) is 12.8 Å². The number of fused-ring (bicyclic) bond motifs is 1. The first-order valence-corrected chi connectivity index (χ1v) is 8.12. The number of aromatic amines is 1. The molecule has 25 heavy (non-hydrogen) atoms. The second-order valence-corrected chi connectivity index (χ2v) is 6.04. The molecule has 0 atom stereocenters. The Morgan fingerprint density at radius 2 is 2.12 bits per heavy atom. The molecular weight excluding hydrogens is 324 g/mol. The van der Waals surface area contributed by atoms with Crippen molar-refractivity contribution < 1.29 is 4.79 Å². The minimum Gasteiger partial charge on any atom is -0.353 e. The first-order chi connectivity index (χ1) is 12.2. The van der Waals surface area contributed by atoms with Crippen LogP contribution in [0.4, 0.5) is 5.82 Å². The molecule has 1 fully saturated rings. The summed E-state index contributed by atoms with van der Waals surface area (Å²) in [6.45, 7) is 1.75. The van der Waals surface area contributed by atoms with Crippen LogP contribution in [-0.4, -0.2) is 54.2 Å². The molecule has 3 aromatic rings. The largest absolute Gasteiger partial charge is 0.353 e. The lowest BCUT2D eigenvalue weighted by atomic mass is 10.1. The van der Waals surface area contributed by atoms with E-state index in [1.54, 1.807) is 35.7 Å². The van der Waals surface area contributed by atoms with Crippen LogP contribution in [-0.2, 0) is 11.3 Å². The number of amides is 1. The third kappa shape index (κ3) is 3.10. The van der Waals surface area contributed by atoms with Crippen molar-refractivity contribution in [2.75, 3.05) is 18.0 Å². The molecule has 3 aromatic heterocycles. The molecule has 0 aromatic carbocycles. The Morgan fingerprint density at radius 1 is 1.28 bits per heavy atom. The van der Waals surface area contributed by atoms with Crippen molar-refractivity contribution in [1.82, 2.24) is 34.4 Å². The molecule has 0 saturated carbocycles. The third-order valence-electron chi connectivity index (χ3n) is 4.36. The van der Waals surface area contributed by atoms with Crippen molar-refractivity contribution in [2.24, 2.45) is 0 Å². The number of nitrogens with one attached hydrogen (secondary N) is 2. The molecule has 0 bridgehead atoms. The number of hydrogen-bond acceptors (Lipinski definition) is 6. The molecule has 2 N–H and O–H groups in total. The van der Waals surface area contributed by atoms with E-state index in [0.717, 1.165) is 25.9 Å². The summed E-state index contributed by atoms with van der Waals surface area (Å²) in [5, 5.41) is 9.54. The van der Waals surface area contributed by atoms with Gasteiger partial charge in [-0.25, -0.2) is 24.3 Å². The summed E-state index contributed by atoms with van der Waals surface area (Å²) in [5.41, 5.74) is 0.246. The van der Waals surface area contributed by atoms with Crippen molar-refractivity contribution in [3.05, 3.63) is 41.6 Å². The van der Waals surface area contributed by atoms with Crippen LogP contribution >= 0.6 is 0 Å². The van der Waals surface area contributed by atoms with E-state index in [1.807, 2.05) is 0 Å². The summed E-state index contributed by atoms with van der Waals surface area (Å²) in [4.78, 5) is 34.1. The van der Waals surface area contributed by atoms with Gasteiger partial charge in [0.2, 0.25) is 11.6 Å². The molecule has 0 radical (unpaired) electrons. The summed E-state index contributed by atoms with van der Waals surface area (Å²) in [7, 11) is 0. The van der Waals surface area contributed by atoms with Crippen LogP contribution < -0.4 is 15.9 Å². The number of aromatic nitrogens is 6. The van der Waals surface area contributed by atoms with Gasteiger partial charge in [-0.15, -0.1) is 5.10 Å². The second kappa shape index (κ2) is 6.38. The normalized spacial score (nSPS) is 15.6. The van der Waals surface area contributed by atoms with E-state index >= 15 is 0 Å². The lowest BCUT2D eigenvalue weighted by Crippen LogP contribution is -2.45. The molecule has 4 rings (SSSR count). The van der Waals surface area contributed by atoms with Gasteiger partial charge in [-0.05, 0) is 12.8 Å². The van der Waals surface area contributed by atoms with E-state index < -0.39 is 0 Å². The predicted molar refractivity (Wildman–Crippen MR) is 89.2 cm³/mol. The Labute approximate surface area is 142 Å². The van der Waals surface area contributed by atoms with E-state index in [4.69, 9.17) is 0 Å². The van der Waals surface area contributed by atoms with Gasteiger partial charge in [0.25, 0.3) is 0 Å². The summed E-state index contributed by atoms with van der Waals surface area (Å²) >= 11 is 0. The Balaban J connectivity index is 1.38. The zero-order valence-electron chi connectivity index (χ0n) is 13.5. The molecule has 0 spiro atoms. The highest BCUT2D eigenvalue weighted by atomic mass is 16.2. The lowest BCUT2D eigenvalue weighted by molar-refractivity contribution is -0.122. The van der Waals surface area contributed by atoms with E-state index in [-0.39, 0.29) is 24.2 Å². The molecule has 130 valence electrons. The van der Waals surface area contributed by atoms with Crippen LogP contribution in [0.15, 0.2) is 35.9 Å². The maximum absolute atomic E-state index is 12.1. The number of nitrogens with zero attached hydrogens (tertiary/aromatic N) is 6. The monoisotopic (exact) mass is 342 g/mol. The van der Waals surface area contributed by atoms with Gasteiger partial charge in [0.05, 0.1) is 6.33 Å². The minimum absolute atomic E-state index is 0.0180. The number of carbonyl (C=O) groups excluding carboxylic acids is 1. The van der Waals surface area contributed by atoms with Gasteiger partial charge in [-0.2, -0.15) is 0 Å². The molecule has 0 aliphatic carbocycles. The van der Waals surface area contributed by atoms with E-state index in [9.17, 15) is 9.59 Å². The highest BCUT2D eigenvalue weighted by Crippen LogP contribution is 2.20. The average molecular weight is 342 g/mol. The fourth-order valence-corrected chi connectivity index (χ4v) is 3.11. The zero-order valence-corrected chi connectivity index (χ0v) is 13.5. The Bertz CT molecular complexity index is 921. The topological polar surface area (TPSA) is 113 Å². The maximum Gasteiger partial charge on any atom is 0.347 e. The number of imidazole rings is 1. The van der Waals surface area contributed by atoms with Gasteiger partial charge in [-0.3, -0.25) is 4.79 Å². The number of carbonyl (C=O) groups is 1. The number of anilines is 1. The van der Waals surface area contributed by atoms with Gasteiger partial charge >= 0.3 is 5.69 Å². The van der Waals surface area contributed by atoms with Crippen molar-refractivity contribution in [3.8, 4) is 0 Å². The van der Waals surface area contributed by atoms with Crippen molar-refractivity contribution >= 4 is 17.4 Å². The van der Waals surface area contributed by atoms with Crippen molar-refractivity contribution in [2.45, 2.75) is 25.4 Å². The molecule has 1 aliphatic heterocycles. The van der Waals surface area contributed by atoms with Crippen LogP contribution in [0.5, 0.6) is 0 Å². The summed E-state index contributed by atoms with van der Waals surface area (Å²) in [6, 6.07) is 0.133. The van der Waals surface area contributed by atoms with E-state index in [0.29, 0.717) is 11.5 Å². The molecule has 0 unspecified atom stereocenters. The Morgan fingerprint density at radius 3 is 2.88 bits per heavy atom. The minimum atomic E-state index is -0.277.